The van der Waals surface area contributed by atoms with Gasteiger partial charge in [0.15, 0.2) is 0 Å². The zero-order valence-electron chi connectivity index (χ0n) is 11.2. The highest BCUT2D eigenvalue weighted by Crippen LogP contribution is 2.27. The first-order valence-electron chi connectivity index (χ1n) is 6.50. The van der Waals surface area contributed by atoms with Gasteiger partial charge < -0.3 is 4.74 Å². The van der Waals surface area contributed by atoms with E-state index in [0.717, 1.165) is 11.1 Å². The zero-order valence-corrected chi connectivity index (χ0v) is 11.2. The number of carbonyl (C=O) groups is 1. The van der Waals surface area contributed by atoms with Crippen molar-refractivity contribution >= 4 is 17.8 Å². The molecule has 0 fully saturated rings. The number of cyclic esters (lactones) is 1. The molecule has 0 amide bonds. The lowest BCUT2D eigenvalue weighted by Gasteiger charge is -2.00. The fraction of sp³-hybridized carbons (Fsp3) is 0.0556. The van der Waals surface area contributed by atoms with Gasteiger partial charge in [-0.25, -0.2) is 4.79 Å². The van der Waals surface area contributed by atoms with E-state index in [1.165, 1.54) is 5.56 Å². The molecule has 3 rings (SSSR count). The van der Waals surface area contributed by atoms with Crippen molar-refractivity contribution in [3.05, 3.63) is 82.9 Å². The van der Waals surface area contributed by atoms with E-state index in [1.54, 1.807) is 6.08 Å². The van der Waals surface area contributed by atoms with Gasteiger partial charge in [-0.05, 0) is 24.6 Å². The average Bonchev–Trinajstić information content (AvgIpc) is 2.84. The maximum Gasteiger partial charge on any atom is 0.343 e. The number of rotatable bonds is 2. The number of ether oxygens (including phenoxy) is 1. The van der Waals surface area contributed by atoms with Crippen LogP contribution in [0.25, 0.3) is 11.8 Å². The minimum Gasteiger partial charge on any atom is -0.422 e. The quantitative estimate of drug-likeness (QED) is 0.604. The van der Waals surface area contributed by atoms with Gasteiger partial charge in [-0.3, -0.25) is 0 Å². The monoisotopic (exact) mass is 262 g/mol. The Bertz CT molecular complexity index is 692. The predicted octanol–water partition coefficient (Wildman–Crippen LogP) is 3.98. The van der Waals surface area contributed by atoms with Crippen LogP contribution >= 0.6 is 0 Å². The first-order valence-corrected chi connectivity index (χ1v) is 6.50. The molecule has 20 heavy (non-hydrogen) atoms. The van der Waals surface area contributed by atoms with Crippen LogP contribution in [-0.4, -0.2) is 5.97 Å². The van der Waals surface area contributed by atoms with E-state index in [1.807, 2.05) is 67.6 Å². The van der Waals surface area contributed by atoms with Crippen molar-refractivity contribution in [2.24, 2.45) is 0 Å². The van der Waals surface area contributed by atoms with Gasteiger partial charge in [0.2, 0.25) is 0 Å². The molecule has 1 aliphatic rings. The van der Waals surface area contributed by atoms with Crippen LogP contribution in [0, 0.1) is 6.92 Å². The third-order valence-corrected chi connectivity index (χ3v) is 3.18. The van der Waals surface area contributed by atoms with Gasteiger partial charge in [-0.1, -0.05) is 60.2 Å². The molecule has 0 radical (unpaired) electrons. The van der Waals surface area contributed by atoms with Crippen molar-refractivity contribution in [2.45, 2.75) is 6.92 Å². The van der Waals surface area contributed by atoms with E-state index in [9.17, 15) is 4.79 Å². The number of hydrogen-bond donors (Lipinski definition) is 0. The predicted molar refractivity (Wildman–Crippen MR) is 79.7 cm³/mol. The van der Waals surface area contributed by atoms with Crippen LogP contribution in [0.3, 0.4) is 0 Å². The molecule has 0 spiro atoms. The Balaban J connectivity index is 1.92. The van der Waals surface area contributed by atoms with Crippen LogP contribution in [0.4, 0.5) is 0 Å². The summed E-state index contributed by atoms with van der Waals surface area (Å²) in [6, 6.07) is 17.7. The van der Waals surface area contributed by atoms with Crippen LogP contribution in [-0.2, 0) is 9.53 Å². The Labute approximate surface area is 118 Å². The molecule has 1 aliphatic heterocycles. The lowest BCUT2D eigenvalue weighted by atomic mass is 10.1. The highest BCUT2D eigenvalue weighted by molar-refractivity contribution is 6.05. The van der Waals surface area contributed by atoms with Crippen molar-refractivity contribution in [1.29, 1.82) is 0 Å². The molecule has 0 saturated carbocycles. The Morgan fingerprint density at radius 2 is 1.65 bits per heavy atom. The van der Waals surface area contributed by atoms with Crippen LogP contribution in [0.15, 0.2) is 66.2 Å². The van der Waals surface area contributed by atoms with Gasteiger partial charge in [0.05, 0.1) is 5.57 Å². The van der Waals surface area contributed by atoms with E-state index in [4.69, 9.17) is 4.74 Å². The summed E-state index contributed by atoms with van der Waals surface area (Å²) in [4.78, 5) is 11.9. The van der Waals surface area contributed by atoms with E-state index in [2.05, 4.69) is 0 Å². The fourth-order valence-corrected chi connectivity index (χ4v) is 2.08. The molecule has 0 saturated heterocycles. The normalized spacial score (nSPS) is 16.1. The van der Waals surface area contributed by atoms with Crippen LogP contribution < -0.4 is 0 Å². The van der Waals surface area contributed by atoms with Gasteiger partial charge >= 0.3 is 5.97 Å². The number of benzene rings is 2. The van der Waals surface area contributed by atoms with Crippen molar-refractivity contribution in [1.82, 2.24) is 0 Å². The van der Waals surface area contributed by atoms with Gasteiger partial charge in [0.25, 0.3) is 0 Å². The highest BCUT2D eigenvalue weighted by Gasteiger charge is 2.21. The minimum absolute atomic E-state index is 0.301. The molecular formula is C18H14O2. The lowest BCUT2D eigenvalue weighted by Crippen LogP contribution is -1.97. The van der Waals surface area contributed by atoms with E-state index < -0.39 is 0 Å². The lowest BCUT2D eigenvalue weighted by molar-refractivity contribution is -0.130. The SMILES string of the molecule is Cc1ccc(/C=C2\C=C(c3ccccc3)OC2=O)cc1. The maximum atomic E-state index is 11.9. The first-order chi connectivity index (χ1) is 9.72. The summed E-state index contributed by atoms with van der Waals surface area (Å²) < 4.78 is 5.31. The second kappa shape index (κ2) is 5.17. The minimum atomic E-state index is -0.301. The molecule has 0 aliphatic carbocycles. The smallest absolute Gasteiger partial charge is 0.343 e. The molecule has 0 atom stereocenters. The van der Waals surface area contributed by atoms with E-state index in [-0.39, 0.29) is 5.97 Å². The second-order valence-corrected chi connectivity index (χ2v) is 4.77. The number of esters is 1. The number of hydrogen-bond acceptors (Lipinski definition) is 2. The Kier molecular flexibility index (Phi) is 3.21. The molecule has 2 heteroatoms. The molecule has 2 nitrogen and oxygen atoms in total. The first kappa shape index (κ1) is 12.4. The summed E-state index contributed by atoms with van der Waals surface area (Å²) in [5.41, 5.74) is 3.68. The summed E-state index contributed by atoms with van der Waals surface area (Å²) in [6.45, 7) is 2.04. The summed E-state index contributed by atoms with van der Waals surface area (Å²) in [7, 11) is 0. The summed E-state index contributed by atoms with van der Waals surface area (Å²) in [5, 5.41) is 0. The molecule has 2 aromatic rings. The van der Waals surface area contributed by atoms with Crippen molar-refractivity contribution in [3.63, 3.8) is 0 Å². The van der Waals surface area contributed by atoms with E-state index in [0.29, 0.717) is 11.3 Å². The highest BCUT2D eigenvalue weighted by atomic mass is 16.5. The largest absolute Gasteiger partial charge is 0.422 e. The molecule has 0 N–H and O–H groups in total. The molecule has 2 aromatic carbocycles. The summed E-state index contributed by atoms with van der Waals surface area (Å²) in [6.07, 6.45) is 3.63. The van der Waals surface area contributed by atoms with Crippen LogP contribution in [0.5, 0.6) is 0 Å². The fourth-order valence-electron chi connectivity index (χ4n) is 2.08. The van der Waals surface area contributed by atoms with Gasteiger partial charge in [-0.2, -0.15) is 0 Å². The Morgan fingerprint density at radius 1 is 0.950 bits per heavy atom. The van der Waals surface area contributed by atoms with Crippen LogP contribution in [0.2, 0.25) is 0 Å². The number of aryl methyl sites for hydroxylation is 1. The standard InChI is InChI=1S/C18H14O2/c1-13-7-9-14(10-8-13)11-16-12-17(20-18(16)19)15-5-3-2-4-6-15/h2-12H,1H3/b16-11+. The van der Waals surface area contributed by atoms with Crippen LogP contribution in [0.1, 0.15) is 16.7 Å². The Hall–Kier alpha value is -2.61. The molecule has 0 aromatic heterocycles. The average molecular weight is 262 g/mol. The van der Waals surface area contributed by atoms with Crippen molar-refractivity contribution in [3.8, 4) is 0 Å². The topological polar surface area (TPSA) is 26.3 Å². The summed E-state index contributed by atoms with van der Waals surface area (Å²) >= 11 is 0. The number of carbonyl (C=O) groups excluding carboxylic acids is 1. The van der Waals surface area contributed by atoms with Crippen molar-refractivity contribution in [2.75, 3.05) is 0 Å². The van der Waals surface area contributed by atoms with Crippen molar-refractivity contribution < 1.29 is 9.53 Å². The molecule has 0 unspecified atom stereocenters. The molecular weight excluding hydrogens is 248 g/mol. The summed E-state index contributed by atoms with van der Waals surface area (Å²) in [5.74, 6) is 0.304. The molecule has 98 valence electrons. The Morgan fingerprint density at radius 3 is 2.35 bits per heavy atom. The third kappa shape index (κ3) is 2.54. The van der Waals surface area contributed by atoms with Gasteiger partial charge in [-0.15, -0.1) is 0 Å². The maximum absolute atomic E-state index is 11.9. The molecule has 1 heterocycles. The molecule has 0 bridgehead atoms. The van der Waals surface area contributed by atoms with Gasteiger partial charge in [0.1, 0.15) is 5.76 Å². The second-order valence-electron chi connectivity index (χ2n) is 4.77. The van der Waals surface area contributed by atoms with E-state index >= 15 is 0 Å². The van der Waals surface area contributed by atoms with Gasteiger partial charge in [0, 0.05) is 5.56 Å². The third-order valence-electron chi connectivity index (χ3n) is 3.18. The zero-order chi connectivity index (χ0) is 13.9.